The van der Waals surface area contributed by atoms with Gasteiger partial charge in [0.25, 0.3) is 0 Å². The van der Waals surface area contributed by atoms with E-state index in [9.17, 15) is 5.11 Å². The van der Waals surface area contributed by atoms with E-state index in [1.165, 1.54) is 5.56 Å². The molecule has 0 fully saturated rings. The zero-order chi connectivity index (χ0) is 18.1. The summed E-state index contributed by atoms with van der Waals surface area (Å²) in [5, 5.41) is 15.8. The Hall–Kier alpha value is -3.33. The van der Waals surface area contributed by atoms with Crippen LogP contribution in [0.1, 0.15) is 11.1 Å². The monoisotopic (exact) mass is 340 g/mol. The van der Waals surface area contributed by atoms with E-state index in [0.29, 0.717) is 0 Å². The molecule has 1 N–H and O–H groups in total. The van der Waals surface area contributed by atoms with Crippen LogP contribution in [0.2, 0.25) is 0 Å². The molecule has 26 heavy (non-hydrogen) atoms. The first-order valence-electron chi connectivity index (χ1n) is 8.65. The van der Waals surface area contributed by atoms with Crippen LogP contribution in [0.5, 0.6) is 5.88 Å². The van der Waals surface area contributed by atoms with Gasteiger partial charge in [0, 0.05) is 5.56 Å². The lowest BCUT2D eigenvalue weighted by atomic mass is 9.99. The summed E-state index contributed by atoms with van der Waals surface area (Å²) < 4.78 is 1.60. The summed E-state index contributed by atoms with van der Waals surface area (Å²) in [5.74, 6) is 0.150. The number of rotatable bonds is 3. The van der Waals surface area contributed by atoms with Crippen molar-refractivity contribution in [3.63, 3.8) is 0 Å². The van der Waals surface area contributed by atoms with Crippen molar-refractivity contribution in [1.82, 2.24) is 9.78 Å². The highest BCUT2D eigenvalue weighted by molar-refractivity contribution is 5.85. The summed E-state index contributed by atoms with van der Waals surface area (Å²) in [6.45, 7) is 4.11. The highest BCUT2D eigenvalue weighted by atomic mass is 16.3. The van der Waals surface area contributed by atoms with Gasteiger partial charge in [-0.1, -0.05) is 71.8 Å². The molecule has 4 rings (SSSR count). The Balaban J connectivity index is 1.98. The highest BCUT2D eigenvalue weighted by Crippen LogP contribution is 2.40. The standard InChI is InChI=1S/C23H20N2O/c1-16-11-13-18(14-12-16)21-22(19-8-6-7-17(2)15-19)24-25(23(21)26)20-9-4-3-5-10-20/h3-15,26H,1-2H3. The number of benzene rings is 3. The molecule has 3 aromatic carbocycles. The first kappa shape index (κ1) is 16.2. The Morgan fingerprint density at radius 2 is 1.46 bits per heavy atom. The third-order valence-electron chi connectivity index (χ3n) is 4.49. The smallest absolute Gasteiger partial charge is 0.222 e. The van der Waals surface area contributed by atoms with Gasteiger partial charge >= 0.3 is 0 Å². The number of aryl methyl sites for hydroxylation is 2. The third kappa shape index (κ3) is 2.88. The molecule has 128 valence electrons. The van der Waals surface area contributed by atoms with E-state index >= 15 is 0 Å². The summed E-state index contributed by atoms with van der Waals surface area (Å²) in [6.07, 6.45) is 0. The lowest BCUT2D eigenvalue weighted by Gasteiger charge is -2.05. The van der Waals surface area contributed by atoms with E-state index < -0.39 is 0 Å². The van der Waals surface area contributed by atoms with Crippen LogP contribution in [0, 0.1) is 13.8 Å². The topological polar surface area (TPSA) is 38.0 Å². The number of nitrogens with zero attached hydrogens (tertiary/aromatic N) is 2. The van der Waals surface area contributed by atoms with Gasteiger partial charge in [-0.15, -0.1) is 0 Å². The fraction of sp³-hybridized carbons (Fsp3) is 0.0870. The van der Waals surface area contributed by atoms with E-state index in [-0.39, 0.29) is 5.88 Å². The summed E-state index contributed by atoms with van der Waals surface area (Å²) >= 11 is 0. The molecular weight excluding hydrogens is 320 g/mol. The summed E-state index contributed by atoms with van der Waals surface area (Å²) in [5.41, 5.74) is 6.64. The first-order chi connectivity index (χ1) is 12.6. The molecular formula is C23H20N2O. The first-order valence-corrected chi connectivity index (χ1v) is 8.65. The van der Waals surface area contributed by atoms with Crippen molar-refractivity contribution >= 4 is 0 Å². The van der Waals surface area contributed by atoms with Crippen LogP contribution in [0.15, 0.2) is 78.9 Å². The van der Waals surface area contributed by atoms with Crippen molar-refractivity contribution in [2.75, 3.05) is 0 Å². The molecule has 0 aliphatic carbocycles. The lowest BCUT2D eigenvalue weighted by molar-refractivity contribution is 0.435. The maximum atomic E-state index is 11.0. The molecule has 1 aromatic heterocycles. The van der Waals surface area contributed by atoms with Crippen LogP contribution >= 0.6 is 0 Å². The molecule has 0 saturated heterocycles. The molecule has 4 aromatic rings. The number of para-hydroxylation sites is 1. The molecule has 0 saturated carbocycles. The Kier molecular flexibility index (Phi) is 4.05. The van der Waals surface area contributed by atoms with Crippen LogP contribution in [-0.2, 0) is 0 Å². The van der Waals surface area contributed by atoms with Crippen molar-refractivity contribution in [3.05, 3.63) is 90.0 Å². The highest BCUT2D eigenvalue weighted by Gasteiger charge is 2.21. The van der Waals surface area contributed by atoms with Gasteiger partial charge in [0.1, 0.15) is 5.69 Å². The summed E-state index contributed by atoms with van der Waals surface area (Å²) in [4.78, 5) is 0. The van der Waals surface area contributed by atoms with Gasteiger partial charge in [-0.25, -0.2) is 4.68 Å². The van der Waals surface area contributed by atoms with Crippen LogP contribution in [0.4, 0.5) is 0 Å². The van der Waals surface area contributed by atoms with Crippen molar-refractivity contribution in [2.24, 2.45) is 0 Å². The average Bonchev–Trinajstić information content (AvgIpc) is 3.00. The molecule has 0 aliphatic heterocycles. The van der Waals surface area contributed by atoms with Gasteiger partial charge in [-0.05, 0) is 37.6 Å². The zero-order valence-corrected chi connectivity index (χ0v) is 14.8. The minimum Gasteiger partial charge on any atom is -0.493 e. The molecule has 0 unspecified atom stereocenters. The molecule has 0 amide bonds. The Labute approximate surface area is 153 Å². The average molecular weight is 340 g/mol. The maximum Gasteiger partial charge on any atom is 0.222 e. The van der Waals surface area contributed by atoms with Gasteiger partial charge < -0.3 is 5.11 Å². The second kappa shape index (κ2) is 6.52. The lowest BCUT2D eigenvalue weighted by Crippen LogP contribution is -1.95. The second-order valence-corrected chi connectivity index (χ2v) is 6.53. The minimum absolute atomic E-state index is 0.150. The fourth-order valence-electron chi connectivity index (χ4n) is 3.14. The molecule has 0 radical (unpaired) electrons. The van der Waals surface area contributed by atoms with Crippen LogP contribution < -0.4 is 0 Å². The van der Waals surface area contributed by atoms with Gasteiger partial charge in [0.15, 0.2) is 0 Å². The quantitative estimate of drug-likeness (QED) is 0.532. The Morgan fingerprint density at radius 1 is 0.731 bits per heavy atom. The largest absolute Gasteiger partial charge is 0.493 e. The molecule has 0 atom stereocenters. The molecule has 0 spiro atoms. The fourth-order valence-corrected chi connectivity index (χ4v) is 3.14. The van der Waals surface area contributed by atoms with E-state index in [0.717, 1.165) is 33.6 Å². The van der Waals surface area contributed by atoms with Crippen molar-refractivity contribution < 1.29 is 5.11 Å². The molecule has 3 nitrogen and oxygen atoms in total. The normalized spacial score (nSPS) is 10.8. The number of hydrogen-bond acceptors (Lipinski definition) is 2. The summed E-state index contributed by atoms with van der Waals surface area (Å²) in [7, 11) is 0. The van der Waals surface area contributed by atoms with Gasteiger partial charge in [0.2, 0.25) is 5.88 Å². The Bertz CT molecular complexity index is 1050. The Morgan fingerprint density at radius 3 is 2.15 bits per heavy atom. The molecule has 0 bridgehead atoms. The van der Waals surface area contributed by atoms with E-state index in [1.54, 1.807) is 4.68 Å². The number of hydrogen-bond donors (Lipinski definition) is 1. The van der Waals surface area contributed by atoms with E-state index in [2.05, 4.69) is 38.1 Å². The van der Waals surface area contributed by atoms with Gasteiger partial charge in [0.05, 0.1) is 11.3 Å². The number of aromatic nitrogens is 2. The third-order valence-corrected chi connectivity index (χ3v) is 4.49. The second-order valence-electron chi connectivity index (χ2n) is 6.53. The minimum atomic E-state index is 0.150. The molecule has 3 heteroatoms. The van der Waals surface area contributed by atoms with Crippen molar-refractivity contribution in [3.8, 4) is 34.0 Å². The van der Waals surface area contributed by atoms with Crippen LogP contribution in [0.25, 0.3) is 28.1 Å². The maximum absolute atomic E-state index is 11.0. The van der Waals surface area contributed by atoms with Gasteiger partial charge in [-0.2, -0.15) is 5.10 Å². The van der Waals surface area contributed by atoms with Crippen LogP contribution in [-0.4, -0.2) is 14.9 Å². The van der Waals surface area contributed by atoms with E-state index in [4.69, 9.17) is 5.10 Å². The SMILES string of the molecule is Cc1ccc(-c2c(-c3cccc(C)c3)nn(-c3ccccc3)c2O)cc1. The molecule has 0 aliphatic rings. The van der Waals surface area contributed by atoms with E-state index in [1.807, 2.05) is 54.6 Å². The van der Waals surface area contributed by atoms with Crippen LogP contribution in [0.3, 0.4) is 0 Å². The number of aromatic hydroxyl groups is 1. The zero-order valence-electron chi connectivity index (χ0n) is 14.8. The van der Waals surface area contributed by atoms with Crippen molar-refractivity contribution in [1.29, 1.82) is 0 Å². The van der Waals surface area contributed by atoms with Gasteiger partial charge in [-0.3, -0.25) is 0 Å². The summed E-state index contributed by atoms with van der Waals surface area (Å²) in [6, 6.07) is 26.1. The van der Waals surface area contributed by atoms with Crippen molar-refractivity contribution in [2.45, 2.75) is 13.8 Å². The molecule has 1 heterocycles. The predicted molar refractivity (Wildman–Crippen MR) is 106 cm³/mol. The predicted octanol–water partition coefficient (Wildman–Crippen LogP) is 5.53.